The summed E-state index contributed by atoms with van der Waals surface area (Å²) in [5.74, 6) is 2.86. The number of alkyl halides is 5. The van der Waals surface area contributed by atoms with Gasteiger partial charge >= 0.3 is 67.3 Å². The molecule has 0 saturated heterocycles. The van der Waals surface area contributed by atoms with Crippen LogP contribution in [0.1, 0.15) is 100 Å². The predicted molar refractivity (Wildman–Crippen MR) is 555 cm³/mol. The Morgan fingerprint density at radius 1 is 0.415 bits per heavy atom. The number of carboxylic acids is 3. The van der Waals surface area contributed by atoms with Crippen LogP contribution in [0.25, 0.3) is 43.1 Å². The van der Waals surface area contributed by atoms with Crippen LogP contribution in [-0.4, -0.2) is 92.4 Å². The Kier molecular flexibility index (Phi) is 48.2. The number of carboxylic acid groups (broad SMARTS) is 3. The van der Waals surface area contributed by atoms with Gasteiger partial charge < -0.3 is 60.7 Å². The number of carbonyl (C=O) groups is 3. The van der Waals surface area contributed by atoms with Gasteiger partial charge in [-0.3, -0.25) is 15.0 Å². The van der Waals surface area contributed by atoms with E-state index in [0.29, 0.717) is 85.4 Å². The van der Waals surface area contributed by atoms with Crippen molar-refractivity contribution < 1.29 is 73.1 Å². The van der Waals surface area contributed by atoms with Gasteiger partial charge in [0, 0.05) is 111 Å². The predicted octanol–water partition coefficient (Wildman–Crippen LogP) is 26.7. The van der Waals surface area contributed by atoms with Gasteiger partial charge in [0.05, 0.1) is 31.3 Å². The van der Waals surface area contributed by atoms with Gasteiger partial charge in [0.25, 0.3) is 0 Å². The summed E-state index contributed by atoms with van der Waals surface area (Å²) in [5, 5.41) is 53.8. The van der Waals surface area contributed by atoms with E-state index in [9.17, 15) is 29.7 Å². The number of aromatic carboxylic acids is 3. The zero-order valence-corrected chi connectivity index (χ0v) is 84.4. The molecule has 9 N–H and O–H groups in total. The van der Waals surface area contributed by atoms with Gasteiger partial charge in [-0.15, -0.1) is 0 Å². The number of methoxy groups -OCH3 is 2. The van der Waals surface area contributed by atoms with Crippen LogP contribution in [-0.2, 0) is 28.9 Å². The van der Waals surface area contributed by atoms with Crippen molar-refractivity contribution in [3.8, 4) is 51.9 Å². The Morgan fingerprint density at radius 3 is 1.20 bits per heavy atom. The first-order chi connectivity index (χ1) is 58.8. The SMILES string of the molecule is C.CI.COc1cc(Cc2cc(Oc3ccc(C)c4ccccc34)ccn2)ccc1C(=O)O.COc1cc(Cc2cc(Oc3ccc(N)c4ccccc34)ccn2)ccc1C(=O)O.Cc1ccc(O)c2ccccc12.Cc1ccnc(C)c1.Cc1nccc(Oc2ccc(C)c3ccccc23)n1.ICI.ICI.Nc1ccc(C(=O)O)c(CO)c1.[I][V][I]. The average molecular weight is 2480 g/mol. The van der Waals surface area contributed by atoms with Crippen molar-refractivity contribution in [1.29, 1.82) is 0 Å². The number of ether oxygens (including phenoxy) is 5. The number of nitrogens with zero attached hydrogens (tertiary/aromatic N) is 5. The first kappa shape index (κ1) is 105. The molecule has 0 radical (unpaired) electrons. The van der Waals surface area contributed by atoms with E-state index < -0.39 is 17.9 Å². The van der Waals surface area contributed by atoms with Crippen molar-refractivity contribution in [3.05, 3.63) is 346 Å². The van der Waals surface area contributed by atoms with Crippen LogP contribution < -0.4 is 35.2 Å². The summed E-state index contributed by atoms with van der Waals surface area (Å²) in [6.07, 6.45) is 7.97. The number of aryl methyl sites for hydroxylation is 6. The van der Waals surface area contributed by atoms with Gasteiger partial charge in [0.2, 0.25) is 5.88 Å². The molecular formula is C95H94I7N7O13V. The zero-order valence-electron chi connectivity index (χ0n) is 67.9. The third-order valence-electron chi connectivity index (χ3n) is 17.6. The monoisotopic (exact) mass is 2480 g/mol. The summed E-state index contributed by atoms with van der Waals surface area (Å²) >= 11 is 16.0. The fourth-order valence-corrected chi connectivity index (χ4v) is 12.0. The topological polar surface area (TPSA) is 315 Å². The fraction of sp³-hybridized carbons (Fsp3) is 0.158. The number of benzene rings is 11. The maximum atomic E-state index is 11.3. The van der Waals surface area contributed by atoms with Gasteiger partial charge in [-0.05, 0) is 199 Å². The average Bonchev–Trinajstić information content (AvgIpc) is 0.819. The van der Waals surface area contributed by atoms with Gasteiger partial charge in [-0.1, -0.05) is 248 Å². The molecule has 28 heteroatoms. The molecular weight excluding hydrogens is 2390 g/mol. The molecule has 15 aromatic rings. The number of phenols is 1. The molecule has 0 aliphatic heterocycles. The first-order valence-corrected chi connectivity index (χ1v) is 54.2. The van der Waals surface area contributed by atoms with Crippen LogP contribution in [0, 0.1) is 41.5 Å². The van der Waals surface area contributed by atoms with Crippen LogP contribution in [0.3, 0.4) is 0 Å². The van der Waals surface area contributed by atoms with Crippen LogP contribution in [0.5, 0.6) is 51.9 Å². The third-order valence-corrected chi connectivity index (χ3v) is 17.6. The number of aromatic hydroxyl groups is 1. The molecule has 0 spiro atoms. The molecule has 20 nitrogen and oxygen atoms in total. The molecule has 4 aromatic heterocycles. The second-order valence-electron chi connectivity index (χ2n) is 25.9. The van der Waals surface area contributed by atoms with E-state index in [4.69, 9.17) is 45.4 Å². The Morgan fingerprint density at radius 2 is 0.797 bits per heavy atom. The van der Waals surface area contributed by atoms with Gasteiger partial charge in [-0.25, -0.2) is 19.4 Å². The van der Waals surface area contributed by atoms with Crippen molar-refractivity contribution in [3.63, 3.8) is 0 Å². The van der Waals surface area contributed by atoms with Crippen LogP contribution in [0.15, 0.2) is 267 Å². The Balaban J connectivity index is 0.000000268. The molecule has 0 fully saturated rings. The molecule has 0 atom stereocenters. The minimum atomic E-state index is -1.06. The number of halogens is 7. The number of hydrogen-bond acceptors (Lipinski definition) is 17. The van der Waals surface area contributed by atoms with Crippen molar-refractivity contribution in [2.45, 2.75) is 68.4 Å². The van der Waals surface area contributed by atoms with E-state index in [1.807, 2.05) is 159 Å². The van der Waals surface area contributed by atoms with Crippen molar-refractivity contribution in [1.82, 2.24) is 24.9 Å². The normalized spacial score (nSPS) is 9.89. The van der Waals surface area contributed by atoms with Crippen molar-refractivity contribution >= 4 is 225 Å². The number of nitrogen functional groups attached to an aromatic ring is 2. The number of phenolic OH excluding ortho intramolecular Hbond substituents is 1. The number of hydrogen-bond donors (Lipinski definition) is 7. The molecule has 641 valence electrons. The molecule has 0 amide bonds. The third kappa shape index (κ3) is 33.7. The maximum absolute atomic E-state index is 11.3. The number of pyridine rings is 3. The molecule has 4 heterocycles. The number of aliphatic hydroxyl groups is 1. The Hall–Kier alpha value is -8.55. The summed E-state index contributed by atoms with van der Waals surface area (Å²) in [6, 6.07) is 75.0. The fourth-order valence-electron chi connectivity index (χ4n) is 12.0. The standard InChI is InChI=1S/C25H21NO4.C24H20N2O4.C16H14N2O.C11H10O.C8H9NO3.C7H9N.2CH2I2.CH3I.CH4.2HI.V/c1-16-7-10-23(21-6-4-3-5-20(16)21)30-19-11-12-26-18(15-19)13-17-8-9-22(25(27)28)24(14-17)29-2;1-29-23-13-15(6-7-20(23)24(27)28)12-16-14-17(10-11-26-16)30-22-9-8-21(25)18-4-2-3-5-19(18)22;1-11-7-8-15(14-6-4-3-5-13(11)14)19-16-9-10-17-12(2)18-16;1-8-6-7-11(12)10-5-3-2-4-9(8)10;9-6-1-2-7(8(11)12)5(3-6)4-10;1-6-3-4-8-7(2)5-6;2*2-1-3;1-2;;;;/h3-12,14-15H,13H2,1-2H3,(H,27,28);2-11,13-14H,12,25H2,1H3,(H,27,28);3-10H,1-2H3;2-7,12H,1H3;1-3,10H,4,9H2,(H,11,12);3-5H,1-2H3;2*1H2;1H3;1H4;2*1H;/q;;;;;;;;;;;;+2/p-2. The zero-order chi connectivity index (χ0) is 89.2. The van der Waals surface area contributed by atoms with Crippen LogP contribution in [0.2, 0.25) is 0 Å². The minimum absolute atomic E-state index is 0. The van der Waals surface area contributed by atoms with Gasteiger partial charge in [0.1, 0.15) is 62.9 Å². The molecule has 0 bridgehead atoms. The molecule has 0 aliphatic rings. The van der Waals surface area contributed by atoms with Gasteiger partial charge in [-0.2, -0.15) is 4.98 Å². The molecule has 0 saturated carbocycles. The van der Waals surface area contributed by atoms with E-state index in [1.54, 1.807) is 67.1 Å². The Labute approximate surface area is 815 Å². The quantitative estimate of drug-likeness (QED) is 0.0268. The van der Waals surface area contributed by atoms with E-state index in [1.165, 1.54) is 71.0 Å². The number of anilines is 2. The Bertz CT molecular complexity index is 5670. The van der Waals surface area contributed by atoms with Crippen LogP contribution in [0.4, 0.5) is 11.4 Å². The summed E-state index contributed by atoms with van der Waals surface area (Å²) in [5.41, 5.74) is 22.7. The second kappa shape index (κ2) is 56.4. The van der Waals surface area contributed by atoms with Crippen molar-refractivity contribution in [2.24, 2.45) is 0 Å². The van der Waals surface area contributed by atoms with E-state index in [-0.39, 0.29) is 30.7 Å². The number of fused-ring (bicyclic) bond motifs is 4. The number of aromatic nitrogens is 5. The molecule has 11 aromatic carbocycles. The number of rotatable bonds is 16. The first-order valence-electron chi connectivity index (χ1n) is 36.9. The van der Waals surface area contributed by atoms with Gasteiger partial charge in [0.15, 0.2) is 0 Å². The second-order valence-corrected chi connectivity index (χ2v) is 46.5. The summed E-state index contributed by atoms with van der Waals surface area (Å²) in [6.45, 7) is 11.8. The number of nitrogens with two attached hydrogens (primary N) is 2. The van der Waals surface area contributed by atoms with E-state index in [2.05, 4.69) is 241 Å². The summed E-state index contributed by atoms with van der Waals surface area (Å²) < 4.78 is 31.0. The molecule has 0 unspecified atom stereocenters. The van der Waals surface area contributed by atoms with Crippen LogP contribution >= 0.6 is 153 Å². The van der Waals surface area contributed by atoms with E-state index in [0.717, 1.165) is 77.4 Å². The molecule has 123 heavy (non-hydrogen) atoms. The number of aliphatic hydroxyl groups excluding tert-OH is 1. The summed E-state index contributed by atoms with van der Waals surface area (Å²) in [7, 11) is 3.54. The molecule has 15 rings (SSSR count). The van der Waals surface area contributed by atoms with Crippen molar-refractivity contribution in [2.75, 3.05) is 35.5 Å². The summed E-state index contributed by atoms with van der Waals surface area (Å²) in [4.78, 5) is 56.3. The molecule has 0 aliphatic carbocycles. The van der Waals surface area contributed by atoms with E-state index >= 15 is 0 Å².